The van der Waals surface area contributed by atoms with Crippen LogP contribution in [-0.4, -0.2) is 31.0 Å². The van der Waals surface area contributed by atoms with Crippen molar-refractivity contribution >= 4 is 11.8 Å². The molecule has 0 N–H and O–H groups in total. The lowest BCUT2D eigenvalue weighted by Crippen LogP contribution is -2.03. The highest BCUT2D eigenvalue weighted by Gasteiger charge is 2.15. The molecule has 0 saturated heterocycles. The zero-order chi connectivity index (χ0) is 19.2. The second-order valence-electron chi connectivity index (χ2n) is 5.20. The molecule has 0 aliphatic rings. The van der Waals surface area contributed by atoms with Crippen LogP contribution in [-0.2, 0) is 5.75 Å². The minimum atomic E-state index is -2.94. The Hall–Kier alpha value is -2.81. The van der Waals surface area contributed by atoms with Crippen LogP contribution in [0.4, 0.5) is 8.78 Å². The quantitative estimate of drug-likeness (QED) is 0.515. The number of nitrogens with zero attached hydrogens (tertiary/aromatic N) is 2. The number of ether oxygens (including phenoxy) is 3. The van der Waals surface area contributed by atoms with Gasteiger partial charge in [-0.1, -0.05) is 17.3 Å². The largest absolute Gasteiger partial charge is 0.496 e. The highest BCUT2D eigenvalue weighted by Crippen LogP contribution is 2.34. The van der Waals surface area contributed by atoms with Gasteiger partial charge < -0.3 is 18.7 Å². The second kappa shape index (κ2) is 8.72. The van der Waals surface area contributed by atoms with Crippen LogP contribution in [0.3, 0.4) is 0 Å². The highest BCUT2D eigenvalue weighted by atomic mass is 32.2. The van der Waals surface area contributed by atoms with Crippen LogP contribution in [0.15, 0.2) is 51.9 Å². The SMILES string of the molecule is COc1cc(-c2noc(CSc3ccccc3OC)n2)ccc1OC(F)F. The van der Waals surface area contributed by atoms with Crippen molar-refractivity contribution in [1.29, 1.82) is 0 Å². The number of benzene rings is 2. The average Bonchev–Trinajstić information content (AvgIpc) is 3.15. The number of methoxy groups -OCH3 is 2. The van der Waals surface area contributed by atoms with E-state index in [2.05, 4.69) is 14.9 Å². The number of hydrogen-bond acceptors (Lipinski definition) is 7. The molecule has 2 aromatic carbocycles. The molecule has 27 heavy (non-hydrogen) atoms. The molecule has 1 aromatic heterocycles. The molecular weight excluding hydrogens is 378 g/mol. The molecule has 9 heteroatoms. The second-order valence-corrected chi connectivity index (χ2v) is 6.21. The zero-order valence-electron chi connectivity index (χ0n) is 14.5. The Balaban J connectivity index is 1.73. The number of aromatic nitrogens is 2. The first-order valence-corrected chi connectivity index (χ1v) is 8.81. The van der Waals surface area contributed by atoms with Crippen molar-refractivity contribution in [2.45, 2.75) is 17.3 Å². The number of thioether (sulfide) groups is 1. The van der Waals surface area contributed by atoms with Crippen molar-refractivity contribution in [2.24, 2.45) is 0 Å². The van der Waals surface area contributed by atoms with E-state index in [0.29, 0.717) is 23.0 Å². The summed E-state index contributed by atoms with van der Waals surface area (Å²) in [6.45, 7) is -2.94. The van der Waals surface area contributed by atoms with Crippen LogP contribution < -0.4 is 14.2 Å². The maximum Gasteiger partial charge on any atom is 0.387 e. The lowest BCUT2D eigenvalue weighted by molar-refractivity contribution is -0.0512. The van der Waals surface area contributed by atoms with E-state index in [-0.39, 0.29) is 11.5 Å². The van der Waals surface area contributed by atoms with E-state index in [0.717, 1.165) is 10.6 Å². The van der Waals surface area contributed by atoms with Gasteiger partial charge in [0.2, 0.25) is 11.7 Å². The third kappa shape index (κ3) is 4.68. The molecule has 0 atom stereocenters. The Morgan fingerprint density at radius 2 is 1.81 bits per heavy atom. The van der Waals surface area contributed by atoms with E-state index >= 15 is 0 Å². The van der Waals surface area contributed by atoms with Crippen LogP contribution in [0.5, 0.6) is 17.2 Å². The Morgan fingerprint density at radius 3 is 2.56 bits per heavy atom. The predicted octanol–water partition coefficient (Wildman–Crippen LogP) is 4.65. The van der Waals surface area contributed by atoms with Crippen molar-refractivity contribution in [3.8, 4) is 28.6 Å². The molecule has 0 fully saturated rings. The number of alkyl halides is 2. The Morgan fingerprint density at radius 1 is 1.04 bits per heavy atom. The number of halogens is 2. The van der Waals surface area contributed by atoms with E-state index < -0.39 is 6.61 Å². The van der Waals surface area contributed by atoms with Crippen LogP contribution in [0, 0.1) is 0 Å². The van der Waals surface area contributed by atoms with Gasteiger partial charge in [0.25, 0.3) is 0 Å². The van der Waals surface area contributed by atoms with E-state index in [1.807, 2.05) is 24.3 Å². The highest BCUT2D eigenvalue weighted by molar-refractivity contribution is 7.98. The fraction of sp³-hybridized carbons (Fsp3) is 0.222. The van der Waals surface area contributed by atoms with Gasteiger partial charge >= 0.3 is 6.61 Å². The zero-order valence-corrected chi connectivity index (χ0v) is 15.3. The predicted molar refractivity (Wildman–Crippen MR) is 95.5 cm³/mol. The molecule has 0 unspecified atom stereocenters. The van der Waals surface area contributed by atoms with E-state index in [1.165, 1.54) is 31.0 Å². The molecule has 0 aliphatic carbocycles. The van der Waals surface area contributed by atoms with Gasteiger partial charge in [0.05, 0.1) is 20.0 Å². The van der Waals surface area contributed by atoms with E-state index in [4.69, 9.17) is 14.0 Å². The van der Waals surface area contributed by atoms with Crippen molar-refractivity contribution in [2.75, 3.05) is 14.2 Å². The van der Waals surface area contributed by atoms with Crippen LogP contribution in [0.1, 0.15) is 5.89 Å². The molecule has 0 bridgehead atoms. The third-order valence-corrected chi connectivity index (χ3v) is 4.57. The molecule has 0 spiro atoms. The van der Waals surface area contributed by atoms with E-state index in [1.54, 1.807) is 13.2 Å². The molecule has 6 nitrogen and oxygen atoms in total. The number of rotatable bonds is 8. The van der Waals surface area contributed by atoms with Gasteiger partial charge in [-0.2, -0.15) is 13.8 Å². The molecule has 3 rings (SSSR count). The molecular formula is C18H16F2N2O4S. The Bertz CT molecular complexity index is 905. The first-order chi connectivity index (χ1) is 13.1. The summed E-state index contributed by atoms with van der Waals surface area (Å²) in [6.07, 6.45) is 0. The minimum absolute atomic E-state index is 0.0632. The third-order valence-electron chi connectivity index (χ3n) is 3.53. The smallest absolute Gasteiger partial charge is 0.387 e. The summed E-state index contributed by atoms with van der Waals surface area (Å²) in [4.78, 5) is 5.29. The van der Waals surface area contributed by atoms with Gasteiger partial charge in [-0.05, 0) is 30.3 Å². The van der Waals surface area contributed by atoms with Gasteiger partial charge in [0.15, 0.2) is 11.5 Å². The molecule has 0 aliphatic heterocycles. The summed E-state index contributed by atoms with van der Waals surface area (Å²) >= 11 is 1.50. The van der Waals surface area contributed by atoms with Gasteiger partial charge in [-0.3, -0.25) is 0 Å². The molecule has 0 saturated carbocycles. The van der Waals surface area contributed by atoms with Crippen LogP contribution >= 0.6 is 11.8 Å². The number of hydrogen-bond donors (Lipinski definition) is 0. The molecule has 3 aromatic rings. The minimum Gasteiger partial charge on any atom is -0.496 e. The lowest BCUT2D eigenvalue weighted by atomic mass is 10.2. The fourth-order valence-electron chi connectivity index (χ4n) is 2.31. The van der Waals surface area contributed by atoms with E-state index in [9.17, 15) is 8.78 Å². The number of para-hydroxylation sites is 1. The lowest BCUT2D eigenvalue weighted by Gasteiger charge is -2.10. The normalized spacial score (nSPS) is 10.9. The van der Waals surface area contributed by atoms with Gasteiger partial charge in [0.1, 0.15) is 5.75 Å². The molecule has 0 amide bonds. The maximum absolute atomic E-state index is 12.4. The molecule has 142 valence electrons. The van der Waals surface area contributed by atoms with Crippen molar-refractivity contribution in [1.82, 2.24) is 10.1 Å². The summed E-state index contributed by atoms with van der Waals surface area (Å²) in [5.41, 5.74) is 0.561. The molecule has 0 radical (unpaired) electrons. The van der Waals surface area contributed by atoms with Gasteiger partial charge in [-0.25, -0.2) is 0 Å². The summed E-state index contributed by atoms with van der Waals surface area (Å²) in [6, 6.07) is 12.1. The van der Waals surface area contributed by atoms with Crippen LogP contribution in [0.25, 0.3) is 11.4 Å². The molecule has 1 heterocycles. The summed E-state index contributed by atoms with van der Waals surface area (Å²) in [5.74, 6) is 2.06. The van der Waals surface area contributed by atoms with Crippen molar-refractivity contribution in [3.63, 3.8) is 0 Å². The fourth-order valence-corrected chi connectivity index (χ4v) is 3.17. The van der Waals surface area contributed by atoms with Crippen molar-refractivity contribution < 1.29 is 27.5 Å². The Labute approximate surface area is 158 Å². The maximum atomic E-state index is 12.4. The van der Waals surface area contributed by atoms with Gasteiger partial charge in [0, 0.05) is 10.5 Å². The summed E-state index contributed by atoms with van der Waals surface area (Å²) in [5, 5.41) is 3.93. The average molecular weight is 394 g/mol. The first-order valence-electron chi connectivity index (χ1n) is 7.82. The topological polar surface area (TPSA) is 66.6 Å². The van der Waals surface area contributed by atoms with Crippen LogP contribution in [0.2, 0.25) is 0 Å². The first kappa shape index (κ1) is 19.0. The van der Waals surface area contributed by atoms with Gasteiger partial charge in [-0.15, -0.1) is 11.8 Å². The monoisotopic (exact) mass is 394 g/mol. The standard InChI is InChI=1S/C18H16F2N2O4S/c1-23-13-5-3-4-6-15(13)27-10-16-21-17(22-26-16)11-7-8-12(25-18(19)20)14(9-11)24-2/h3-9,18H,10H2,1-2H3. The summed E-state index contributed by atoms with van der Waals surface area (Å²) < 4.78 is 44.9. The summed E-state index contributed by atoms with van der Waals surface area (Å²) in [7, 11) is 2.97. The Kier molecular flexibility index (Phi) is 6.12. The van der Waals surface area contributed by atoms with Crippen molar-refractivity contribution in [3.05, 3.63) is 48.4 Å².